The highest BCUT2D eigenvalue weighted by Crippen LogP contribution is 2.29. The highest BCUT2D eigenvalue weighted by molar-refractivity contribution is 6.30. The minimum absolute atomic E-state index is 0.144. The van der Waals surface area contributed by atoms with Crippen molar-refractivity contribution in [3.05, 3.63) is 58.6 Å². The van der Waals surface area contributed by atoms with E-state index >= 15 is 0 Å². The van der Waals surface area contributed by atoms with E-state index in [9.17, 15) is 9.59 Å². The van der Waals surface area contributed by atoms with Gasteiger partial charge in [0.05, 0.1) is 20.3 Å². The van der Waals surface area contributed by atoms with E-state index in [-0.39, 0.29) is 24.4 Å². The first-order chi connectivity index (χ1) is 15.0. The normalized spacial score (nSPS) is 10.7. The maximum absolute atomic E-state index is 12.1. The largest absolute Gasteiger partial charge is 0.494 e. The van der Waals surface area contributed by atoms with E-state index in [1.807, 2.05) is 0 Å². The second kappa shape index (κ2) is 12.3. The van der Waals surface area contributed by atoms with Crippen molar-refractivity contribution in [3.8, 4) is 23.3 Å². The molecule has 0 radical (unpaired) electrons. The maximum atomic E-state index is 12.1. The molecule has 0 unspecified atom stereocenters. The zero-order valence-corrected chi connectivity index (χ0v) is 18.0. The van der Waals surface area contributed by atoms with Crippen molar-refractivity contribution in [3.63, 3.8) is 0 Å². The zero-order chi connectivity index (χ0) is 22.6. The van der Waals surface area contributed by atoms with E-state index < -0.39 is 11.9 Å². The lowest BCUT2D eigenvalue weighted by atomic mass is 10.1. The SMILES string of the molecule is CCOC(=O)/C(C#N)=C/c1ccc(OC(=O)CCCOc2ccc(Cl)cc2)c(OC)c1. The summed E-state index contributed by atoms with van der Waals surface area (Å²) < 4.78 is 21.0. The van der Waals surface area contributed by atoms with Gasteiger partial charge in [-0.2, -0.15) is 5.26 Å². The quantitative estimate of drug-likeness (QED) is 0.174. The van der Waals surface area contributed by atoms with E-state index in [0.717, 1.165) is 0 Å². The van der Waals surface area contributed by atoms with Crippen LogP contribution in [0.2, 0.25) is 5.02 Å². The Morgan fingerprint density at radius 3 is 2.52 bits per heavy atom. The number of methoxy groups -OCH3 is 1. The van der Waals surface area contributed by atoms with Gasteiger partial charge in [0, 0.05) is 11.4 Å². The summed E-state index contributed by atoms with van der Waals surface area (Å²) in [6, 6.07) is 13.5. The molecule has 0 heterocycles. The number of carbonyl (C=O) groups excluding carboxylic acids is 2. The van der Waals surface area contributed by atoms with Crippen LogP contribution in [0.1, 0.15) is 25.3 Å². The van der Waals surface area contributed by atoms with Crippen LogP contribution in [-0.2, 0) is 14.3 Å². The van der Waals surface area contributed by atoms with Crippen LogP contribution in [-0.4, -0.2) is 32.3 Å². The number of nitrogens with zero attached hydrogens (tertiary/aromatic N) is 1. The highest BCUT2D eigenvalue weighted by Gasteiger charge is 2.13. The predicted octanol–water partition coefficient (Wildman–Crippen LogP) is 4.58. The molecule has 0 saturated carbocycles. The van der Waals surface area contributed by atoms with Crippen molar-refractivity contribution in [1.29, 1.82) is 5.26 Å². The van der Waals surface area contributed by atoms with Crippen molar-refractivity contribution in [2.45, 2.75) is 19.8 Å². The van der Waals surface area contributed by atoms with Crippen LogP contribution in [0.15, 0.2) is 48.0 Å². The number of esters is 2. The third kappa shape index (κ3) is 7.68. The molecule has 2 aromatic carbocycles. The molecule has 0 aromatic heterocycles. The van der Waals surface area contributed by atoms with Gasteiger partial charge >= 0.3 is 11.9 Å². The Morgan fingerprint density at radius 1 is 1.13 bits per heavy atom. The monoisotopic (exact) mass is 443 g/mol. The van der Waals surface area contributed by atoms with Gasteiger partial charge in [0.15, 0.2) is 11.5 Å². The first-order valence-electron chi connectivity index (χ1n) is 9.52. The minimum Gasteiger partial charge on any atom is -0.494 e. The summed E-state index contributed by atoms with van der Waals surface area (Å²) in [5, 5.41) is 9.76. The van der Waals surface area contributed by atoms with E-state index in [0.29, 0.717) is 35.1 Å². The molecule has 0 N–H and O–H groups in total. The number of ether oxygens (including phenoxy) is 4. The standard InChI is InChI=1S/C23H22ClNO6/c1-3-29-23(27)17(15-25)13-16-6-11-20(21(14-16)28-2)31-22(26)5-4-12-30-19-9-7-18(24)8-10-19/h6-11,13-14H,3-5,12H2,1-2H3/b17-13+. The van der Waals surface area contributed by atoms with Gasteiger partial charge in [-0.25, -0.2) is 4.79 Å². The summed E-state index contributed by atoms with van der Waals surface area (Å²) in [5.74, 6) is 0.0482. The van der Waals surface area contributed by atoms with Gasteiger partial charge in [-0.05, 0) is 61.4 Å². The summed E-state index contributed by atoms with van der Waals surface area (Å²) in [6.45, 7) is 2.17. The van der Waals surface area contributed by atoms with E-state index in [1.165, 1.54) is 19.3 Å². The van der Waals surface area contributed by atoms with Crippen molar-refractivity contribution in [1.82, 2.24) is 0 Å². The van der Waals surface area contributed by atoms with E-state index in [4.69, 9.17) is 35.8 Å². The van der Waals surface area contributed by atoms with Gasteiger partial charge < -0.3 is 18.9 Å². The van der Waals surface area contributed by atoms with Crippen LogP contribution in [0, 0.1) is 11.3 Å². The Bertz CT molecular complexity index is 979. The molecule has 162 valence electrons. The second-order valence-corrected chi connectivity index (χ2v) is 6.62. The van der Waals surface area contributed by atoms with Crippen molar-refractivity contribution >= 4 is 29.6 Å². The topological polar surface area (TPSA) is 94.9 Å². The van der Waals surface area contributed by atoms with Gasteiger partial charge in [0.25, 0.3) is 0 Å². The van der Waals surface area contributed by atoms with Crippen molar-refractivity contribution in [2.75, 3.05) is 20.3 Å². The molecule has 31 heavy (non-hydrogen) atoms. The number of rotatable bonds is 10. The Labute approximate surface area is 185 Å². The fraction of sp³-hybridized carbons (Fsp3) is 0.261. The lowest BCUT2D eigenvalue weighted by Crippen LogP contribution is -2.10. The Kier molecular flexibility index (Phi) is 9.40. The summed E-state index contributed by atoms with van der Waals surface area (Å²) in [7, 11) is 1.43. The summed E-state index contributed by atoms with van der Waals surface area (Å²) in [6.07, 6.45) is 2.00. The third-order valence-corrected chi connectivity index (χ3v) is 4.20. The van der Waals surface area contributed by atoms with Gasteiger partial charge in [0.2, 0.25) is 0 Å². The molecule has 0 bridgehead atoms. The van der Waals surface area contributed by atoms with Gasteiger partial charge in [-0.15, -0.1) is 0 Å². The first kappa shape index (κ1) is 23.8. The van der Waals surface area contributed by atoms with Gasteiger partial charge in [-0.3, -0.25) is 4.79 Å². The predicted molar refractivity (Wildman–Crippen MR) is 115 cm³/mol. The molecule has 7 nitrogen and oxygen atoms in total. The van der Waals surface area contributed by atoms with Gasteiger partial charge in [-0.1, -0.05) is 17.7 Å². The molecule has 0 saturated heterocycles. The van der Waals surface area contributed by atoms with E-state index in [1.54, 1.807) is 49.4 Å². The molecule has 0 aliphatic carbocycles. The number of hydrogen-bond acceptors (Lipinski definition) is 7. The zero-order valence-electron chi connectivity index (χ0n) is 17.2. The van der Waals surface area contributed by atoms with Crippen LogP contribution < -0.4 is 14.2 Å². The lowest BCUT2D eigenvalue weighted by molar-refractivity contribution is -0.138. The molecule has 8 heteroatoms. The average molecular weight is 444 g/mol. The highest BCUT2D eigenvalue weighted by atomic mass is 35.5. The van der Waals surface area contributed by atoms with Crippen LogP contribution in [0.5, 0.6) is 17.2 Å². The molecular formula is C23H22ClNO6. The molecular weight excluding hydrogens is 422 g/mol. The Morgan fingerprint density at radius 2 is 1.87 bits per heavy atom. The number of nitriles is 1. The fourth-order valence-corrected chi connectivity index (χ4v) is 2.61. The van der Waals surface area contributed by atoms with Gasteiger partial charge in [0.1, 0.15) is 17.4 Å². The summed E-state index contributed by atoms with van der Waals surface area (Å²) in [4.78, 5) is 23.9. The van der Waals surface area contributed by atoms with E-state index in [2.05, 4.69) is 0 Å². The number of hydrogen-bond donors (Lipinski definition) is 0. The van der Waals surface area contributed by atoms with Crippen LogP contribution in [0.3, 0.4) is 0 Å². The van der Waals surface area contributed by atoms with Crippen molar-refractivity contribution < 1.29 is 28.5 Å². The number of benzene rings is 2. The van der Waals surface area contributed by atoms with Crippen LogP contribution >= 0.6 is 11.6 Å². The maximum Gasteiger partial charge on any atom is 0.348 e. The Hall–Kier alpha value is -3.50. The molecule has 2 rings (SSSR count). The molecule has 0 fully saturated rings. The minimum atomic E-state index is -0.708. The molecule has 0 spiro atoms. The molecule has 0 atom stereocenters. The average Bonchev–Trinajstić information content (AvgIpc) is 2.77. The van der Waals surface area contributed by atoms with Crippen LogP contribution in [0.25, 0.3) is 6.08 Å². The smallest absolute Gasteiger partial charge is 0.348 e. The third-order valence-electron chi connectivity index (χ3n) is 3.95. The lowest BCUT2D eigenvalue weighted by Gasteiger charge is -2.10. The fourth-order valence-electron chi connectivity index (χ4n) is 2.48. The molecule has 0 aliphatic heterocycles. The Balaban J connectivity index is 1.93. The number of carbonyl (C=O) groups is 2. The molecule has 0 amide bonds. The second-order valence-electron chi connectivity index (χ2n) is 6.18. The molecule has 2 aromatic rings. The molecule has 0 aliphatic rings. The van der Waals surface area contributed by atoms with Crippen LogP contribution in [0.4, 0.5) is 0 Å². The summed E-state index contributed by atoms with van der Waals surface area (Å²) in [5.41, 5.74) is 0.381. The first-order valence-corrected chi connectivity index (χ1v) is 9.90. The number of halogens is 1. The van der Waals surface area contributed by atoms with Crippen molar-refractivity contribution in [2.24, 2.45) is 0 Å². The summed E-state index contributed by atoms with van der Waals surface area (Å²) >= 11 is 5.82.